The van der Waals surface area contributed by atoms with Crippen molar-refractivity contribution in [3.05, 3.63) is 59.2 Å². The van der Waals surface area contributed by atoms with Crippen molar-refractivity contribution in [3.63, 3.8) is 0 Å². The number of piperidine rings is 1. The Labute approximate surface area is 221 Å². The van der Waals surface area contributed by atoms with Crippen LogP contribution in [0.1, 0.15) is 52.4 Å². The Kier molecular flexibility index (Phi) is 10.7. The summed E-state index contributed by atoms with van der Waals surface area (Å²) in [6.45, 7) is 7.57. The normalized spacial score (nSPS) is 30.4. The van der Waals surface area contributed by atoms with E-state index in [4.69, 9.17) is 23.2 Å². The number of halogens is 2. The summed E-state index contributed by atoms with van der Waals surface area (Å²) in [6.07, 6.45) is 23.7. The van der Waals surface area contributed by atoms with Crippen LogP contribution in [0.5, 0.6) is 0 Å². The number of likely N-dealkylation sites (tertiary alicyclic amines) is 1. The van der Waals surface area contributed by atoms with Crippen LogP contribution in [0, 0.1) is 29.6 Å². The van der Waals surface area contributed by atoms with Gasteiger partial charge in [-0.2, -0.15) is 0 Å². The monoisotopic (exact) mass is 520 g/mol. The number of carbonyl (C=O) groups is 1. The first-order valence-corrected chi connectivity index (χ1v) is 14.0. The topological polar surface area (TPSA) is 63.8 Å². The summed E-state index contributed by atoms with van der Waals surface area (Å²) in [6, 6.07) is 0.165. The molecule has 5 atom stereocenters. The number of carbonyl (C=O) groups excluding carboxylic acids is 1. The van der Waals surface area contributed by atoms with Crippen LogP contribution in [0.3, 0.4) is 0 Å². The molecule has 0 saturated carbocycles. The van der Waals surface area contributed by atoms with Crippen LogP contribution in [0.2, 0.25) is 0 Å². The maximum Gasteiger partial charge on any atom is 0.227 e. The van der Waals surface area contributed by atoms with Gasteiger partial charge in [0.05, 0.1) is 5.92 Å². The quantitative estimate of drug-likeness (QED) is 0.341. The van der Waals surface area contributed by atoms with Crippen molar-refractivity contribution in [2.24, 2.45) is 29.6 Å². The number of allylic oxidation sites excluding steroid dienone is 9. The third-order valence-corrected chi connectivity index (χ3v) is 8.84. The summed E-state index contributed by atoms with van der Waals surface area (Å²) in [5, 5.41) is 4.39. The highest BCUT2D eigenvalue weighted by Crippen LogP contribution is 2.34. The molecule has 35 heavy (non-hydrogen) atoms. The highest BCUT2D eigenvalue weighted by Gasteiger charge is 2.30. The molecule has 4 aliphatic rings. The zero-order valence-corrected chi connectivity index (χ0v) is 22.6. The van der Waals surface area contributed by atoms with Crippen LogP contribution in [0.4, 0.5) is 0 Å². The van der Waals surface area contributed by atoms with E-state index in [1.807, 2.05) is 0 Å². The van der Waals surface area contributed by atoms with Crippen LogP contribution in [0.15, 0.2) is 59.2 Å². The molecule has 1 fully saturated rings. The molecule has 0 aromatic carbocycles. The van der Waals surface area contributed by atoms with Crippen LogP contribution < -0.4 is 5.32 Å². The third kappa shape index (κ3) is 7.58. The average Bonchev–Trinajstić information content (AvgIpc) is 2.85. The first-order valence-electron chi connectivity index (χ1n) is 13.2. The molecule has 0 aromatic rings. The van der Waals surface area contributed by atoms with Gasteiger partial charge in [-0.25, -0.2) is 0 Å². The van der Waals surface area contributed by atoms with Gasteiger partial charge in [-0.3, -0.25) is 4.79 Å². The molecule has 4 rings (SSSR count). The van der Waals surface area contributed by atoms with Crippen molar-refractivity contribution in [1.82, 2.24) is 10.2 Å². The zero-order valence-electron chi connectivity index (χ0n) is 21.1. The minimum Gasteiger partial charge on any atom is -0.412 e. The van der Waals surface area contributed by atoms with E-state index >= 15 is 0 Å². The molecule has 0 radical (unpaired) electrons. The van der Waals surface area contributed by atoms with Gasteiger partial charge in [0.25, 0.3) is 0 Å². The van der Waals surface area contributed by atoms with E-state index in [0.717, 1.165) is 56.3 Å². The molecule has 194 valence electrons. The van der Waals surface area contributed by atoms with Crippen molar-refractivity contribution in [2.75, 3.05) is 19.6 Å². The fourth-order valence-electron chi connectivity index (χ4n) is 5.75. The molecule has 4 nitrogen and oxygen atoms in total. The SMILES string of the molecule is CC(C)[C@H](CN1CCC(C2C=CC(Cl)=CC2)CC1)NC(=O)C1C=C(C2C=CCCC2Cl)C=CC1.O. The third-order valence-electron chi connectivity index (χ3n) is 8.07. The van der Waals surface area contributed by atoms with Crippen LogP contribution in [-0.4, -0.2) is 47.3 Å². The predicted octanol–water partition coefficient (Wildman–Crippen LogP) is 5.79. The molecule has 0 bridgehead atoms. The smallest absolute Gasteiger partial charge is 0.227 e. The second kappa shape index (κ2) is 13.3. The second-order valence-electron chi connectivity index (χ2n) is 10.8. The molecule has 1 amide bonds. The zero-order chi connectivity index (χ0) is 24.1. The number of hydrogen-bond donors (Lipinski definition) is 1. The molecule has 4 unspecified atom stereocenters. The largest absolute Gasteiger partial charge is 0.412 e. The summed E-state index contributed by atoms with van der Waals surface area (Å²) in [5.41, 5.74) is 1.19. The Hall–Kier alpha value is -1.33. The average molecular weight is 522 g/mol. The van der Waals surface area contributed by atoms with E-state index < -0.39 is 0 Å². The van der Waals surface area contributed by atoms with E-state index in [-0.39, 0.29) is 34.6 Å². The molecule has 3 aliphatic carbocycles. The first kappa shape index (κ1) is 28.2. The van der Waals surface area contributed by atoms with Crippen molar-refractivity contribution in [1.29, 1.82) is 0 Å². The molecular formula is C29H42Cl2N2O2. The summed E-state index contributed by atoms with van der Waals surface area (Å²) < 4.78 is 0. The van der Waals surface area contributed by atoms with Crippen LogP contribution in [-0.2, 0) is 4.79 Å². The minimum atomic E-state index is -0.107. The van der Waals surface area contributed by atoms with Gasteiger partial charge in [0.2, 0.25) is 5.91 Å². The van der Waals surface area contributed by atoms with Crippen LogP contribution >= 0.6 is 23.2 Å². The summed E-state index contributed by atoms with van der Waals surface area (Å²) in [7, 11) is 0. The lowest BCUT2D eigenvalue weighted by atomic mass is 9.80. The number of amides is 1. The maximum atomic E-state index is 13.3. The molecule has 1 aliphatic heterocycles. The van der Waals surface area contributed by atoms with E-state index in [2.05, 4.69) is 72.7 Å². The number of hydrogen-bond acceptors (Lipinski definition) is 2. The summed E-state index contributed by atoms with van der Waals surface area (Å²) in [4.78, 5) is 15.8. The fourth-order valence-corrected chi connectivity index (χ4v) is 6.26. The highest BCUT2D eigenvalue weighted by atomic mass is 35.5. The fraction of sp³-hybridized carbons (Fsp3) is 0.621. The lowest BCUT2D eigenvalue weighted by molar-refractivity contribution is -0.124. The van der Waals surface area contributed by atoms with Crippen molar-refractivity contribution in [2.45, 2.75) is 63.8 Å². The molecule has 0 aromatic heterocycles. The summed E-state index contributed by atoms with van der Waals surface area (Å²) >= 11 is 12.7. The predicted molar refractivity (Wildman–Crippen MR) is 148 cm³/mol. The van der Waals surface area contributed by atoms with Gasteiger partial charge in [-0.05, 0) is 81.0 Å². The molecule has 1 heterocycles. The Balaban J connectivity index is 0.00000342. The van der Waals surface area contributed by atoms with Crippen LogP contribution in [0.25, 0.3) is 0 Å². The number of nitrogens with zero attached hydrogens (tertiary/aromatic N) is 1. The summed E-state index contributed by atoms with van der Waals surface area (Å²) in [5.74, 6) is 2.01. The number of nitrogens with one attached hydrogen (secondary N) is 1. The maximum absolute atomic E-state index is 13.3. The van der Waals surface area contributed by atoms with Gasteiger partial charge in [0, 0.05) is 28.9 Å². The second-order valence-corrected chi connectivity index (χ2v) is 11.8. The number of rotatable bonds is 7. The Morgan fingerprint density at radius 1 is 1.11 bits per heavy atom. The number of alkyl halides is 1. The lowest BCUT2D eigenvalue weighted by Crippen LogP contribution is -2.50. The minimum absolute atomic E-state index is 0. The van der Waals surface area contributed by atoms with E-state index in [1.165, 1.54) is 18.4 Å². The lowest BCUT2D eigenvalue weighted by Gasteiger charge is -2.38. The van der Waals surface area contributed by atoms with E-state index in [9.17, 15) is 4.79 Å². The van der Waals surface area contributed by atoms with Gasteiger partial charge in [0.1, 0.15) is 0 Å². The van der Waals surface area contributed by atoms with Gasteiger partial charge in [-0.15, -0.1) is 11.6 Å². The van der Waals surface area contributed by atoms with Gasteiger partial charge >= 0.3 is 0 Å². The Morgan fingerprint density at radius 2 is 1.89 bits per heavy atom. The molecule has 3 N–H and O–H groups in total. The first-order chi connectivity index (χ1) is 16.4. The standard InChI is InChI=1S/C29H40Cl2N2O.H2O/c1-20(2)28(19-33-16-14-22(15-17-33)21-10-12-25(30)13-11-21)32-29(34)24-7-5-6-23(18-24)26-8-3-4-9-27(26)31;/h3,5-6,8,10,12-13,18,20-22,24,26-28H,4,7,9,11,14-17,19H2,1-2H3,(H,32,34);1H2/t21?,24?,26?,27?,28-;/m0./s1. The van der Waals surface area contributed by atoms with E-state index in [1.54, 1.807) is 0 Å². The van der Waals surface area contributed by atoms with Gasteiger partial charge in [-0.1, -0.05) is 68.0 Å². The molecular weight excluding hydrogens is 479 g/mol. The van der Waals surface area contributed by atoms with E-state index in [0.29, 0.717) is 11.8 Å². The van der Waals surface area contributed by atoms with Crippen molar-refractivity contribution in [3.8, 4) is 0 Å². The Bertz CT molecular complexity index is 868. The van der Waals surface area contributed by atoms with Gasteiger partial charge < -0.3 is 15.7 Å². The Morgan fingerprint density at radius 3 is 2.54 bits per heavy atom. The highest BCUT2D eigenvalue weighted by molar-refractivity contribution is 6.31. The van der Waals surface area contributed by atoms with Crippen molar-refractivity contribution >= 4 is 29.1 Å². The molecule has 0 spiro atoms. The van der Waals surface area contributed by atoms with Gasteiger partial charge in [0.15, 0.2) is 0 Å². The molecule has 6 heteroatoms. The van der Waals surface area contributed by atoms with Crippen molar-refractivity contribution < 1.29 is 10.3 Å². The molecule has 1 saturated heterocycles.